The van der Waals surface area contributed by atoms with Crippen molar-refractivity contribution in [1.29, 1.82) is 0 Å². The molecule has 0 fully saturated rings. The monoisotopic (exact) mass is 520 g/mol. The van der Waals surface area contributed by atoms with E-state index in [1.807, 2.05) is 42.5 Å². The number of ether oxygens (including phenoxy) is 1. The Balaban J connectivity index is 1.77. The summed E-state index contributed by atoms with van der Waals surface area (Å²) in [5.74, 6) is 0.466. The summed E-state index contributed by atoms with van der Waals surface area (Å²) < 4.78 is 7.26. The van der Waals surface area contributed by atoms with Crippen molar-refractivity contribution in [2.45, 2.75) is 13.3 Å². The molecule has 0 saturated heterocycles. The zero-order valence-electron chi connectivity index (χ0n) is 15.3. The minimum absolute atomic E-state index is 0.235. The molecule has 0 atom stereocenters. The number of hydrogen-bond acceptors (Lipinski definition) is 4. The second-order valence-electron chi connectivity index (χ2n) is 5.86. The number of carbonyl (C=O) groups is 1. The highest BCUT2D eigenvalue weighted by atomic mass is 79.9. The molecule has 7 heteroatoms. The van der Waals surface area contributed by atoms with Gasteiger partial charge in [-0.2, -0.15) is 0 Å². The number of nitrogens with zero attached hydrogens (tertiary/aromatic N) is 1. The number of anilines is 1. The van der Waals surface area contributed by atoms with Gasteiger partial charge in [-0.05, 0) is 42.8 Å². The van der Waals surface area contributed by atoms with Gasteiger partial charge in [0.05, 0.1) is 12.8 Å². The molecule has 0 bridgehead atoms. The first-order chi connectivity index (χ1) is 13.5. The standard InChI is InChI=1S/C21H18Br2N2O2S/c1-3-18-20(13-4-7-15(22)8-5-13)25-21(28-18)24-19(26)11-6-14-12-16(23)9-10-17(14)27-2/h4-12H,3H2,1-2H3,(H,24,25,26)/b11-6+. The van der Waals surface area contributed by atoms with Gasteiger partial charge in [-0.25, -0.2) is 4.98 Å². The summed E-state index contributed by atoms with van der Waals surface area (Å²) in [6.07, 6.45) is 4.06. The number of aromatic nitrogens is 1. The number of methoxy groups -OCH3 is 1. The number of nitrogens with one attached hydrogen (secondary N) is 1. The summed E-state index contributed by atoms with van der Waals surface area (Å²) in [6.45, 7) is 2.08. The highest BCUT2D eigenvalue weighted by Gasteiger charge is 2.13. The van der Waals surface area contributed by atoms with Crippen molar-refractivity contribution in [3.63, 3.8) is 0 Å². The Morgan fingerprint density at radius 3 is 2.57 bits per heavy atom. The van der Waals surface area contributed by atoms with E-state index >= 15 is 0 Å². The Kier molecular flexibility index (Phi) is 7.04. The van der Waals surface area contributed by atoms with E-state index in [9.17, 15) is 4.79 Å². The summed E-state index contributed by atoms with van der Waals surface area (Å²) in [5.41, 5.74) is 2.76. The van der Waals surface area contributed by atoms with E-state index in [1.165, 1.54) is 17.4 Å². The van der Waals surface area contributed by atoms with E-state index in [1.54, 1.807) is 13.2 Å². The average molecular weight is 522 g/mol. The lowest BCUT2D eigenvalue weighted by Crippen LogP contribution is -2.07. The minimum Gasteiger partial charge on any atom is -0.496 e. The third-order valence-corrected chi connectivity index (χ3v) is 6.11. The van der Waals surface area contributed by atoms with Gasteiger partial charge in [0.1, 0.15) is 5.75 Å². The number of hydrogen-bond donors (Lipinski definition) is 1. The molecule has 4 nitrogen and oxygen atoms in total. The average Bonchev–Trinajstić information content (AvgIpc) is 3.09. The summed E-state index contributed by atoms with van der Waals surface area (Å²) in [4.78, 5) is 18.1. The molecule has 0 aliphatic carbocycles. The van der Waals surface area contributed by atoms with Gasteiger partial charge in [0, 0.05) is 31.0 Å². The van der Waals surface area contributed by atoms with Gasteiger partial charge < -0.3 is 4.74 Å². The molecular formula is C21H18Br2N2O2S. The van der Waals surface area contributed by atoms with Crippen LogP contribution < -0.4 is 10.1 Å². The lowest BCUT2D eigenvalue weighted by Gasteiger charge is -2.04. The molecule has 0 saturated carbocycles. The number of rotatable bonds is 6. The molecule has 0 spiro atoms. The van der Waals surface area contributed by atoms with Crippen molar-refractivity contribution in [2.75, 3.05) is 12.4 Å². The molecule has 144 valence electrons. The first kappa shape index (κ1) is 20.8. The highest BCUT2D eigenvalue weighted by Crippen LogP contribution is 2.32. The van der Waals surface area contributed by atoms with Gasteiger partial charge in [-0.1, -0.05) is 50.9 Å². The SMILES string of the molecule is CCc1sc(NC(=O)/C=C/c2cc(Br)ccc2OC)nc1-c1ccc(Br)cc1. The predicted molar refractivity (Wildman–Crippen MR) is 123 cm³/mol. The van der Waals surface area contributed by atoms with Crippen LogP contribution in [0.15, 0.2) is 57.5 Å². The Labute approximate surface area is 184 Å². The van der Waals surface area contributed by atoms with Gasteiger partial charge >= 0.3 is 0 Å². The van der Waals surface area contributed by atoms with Crippen LogP contribution >= 0.6 is 43.2 Å². The molecule has 0 aliphatic rings. The van der Waals surface area contributed by atoms with Crippen molar-refractivity contribution in [3.8, 4) is 17.0 Å². The van der Waals surface area contributed by atoms with Gasteiger partial charge in [0.25, 0.3) is 0 Å². The second-order valence-corrected chi connectivity index (χ2v) is 8.78. The molecule has 3 rings (SSSR count). The topological polar surface area (TPSA) is 51.2 Å². The van der Waals surface area contributed by atoms with Gasteiger partial charge in [0.15, 0.2) is 5.13 Å². The minimum atomic E-state index is -0.235. The maximum absolute atomic E-state index is 12.4. The molecule has 1 aromatic heterocycles. The number of thiazole rings is 1. The summed E-state index contributed by atoms with van der Waals surface area (Å²) >= 11 is 8.38. The molecule has 28 heavy (non-hydrogen) atoms. The normalized spacial score (nSPS) is 11.0. The van der Waals surface area contributed by atoms with Crippen LogP contribution in [0.25, 0.3) is 17.3 Å². The number of benzene rings is 2. The van der Waals surface area contributed by atoms with Crippen molar-refractivity contribution in [3.05, 3.63) is 67.9 Å². The molecule has 1 heterocycles. The Bertz CT molecular complexity index is 1010. The number of aryl methyl sites for hydroxylation is 1. The highest BCUT2D eigenvalue weighted by molar-refractivity contribution is 9.10. The summed E-state index contributed by atoms with van der Waals surface area (Å²) in [5, 5.41) is 3.45. The van der Waals surface area contributed by atoms with Gasteiger partial charge in [-0.15, -0.1) is 11.3 Å². The van der Waals surface area contributed by atoms with Crippen molar-refractivity contribution < 1.29 is 9.53 Å². The zero-order valence-corrected chi connectivity index (χ0v) is 19.3. The smallest absolute Gasteiger partial charge is 0.250 e. The fourth-order valence-corrected chi connectivity index (χ4v) is 4.20. The van der Waals surface area contributed by atoms with E-state index in [0.29, 0.717) is 10.9 Å². The molecule has 2 aromatic carbocycles. The second kappa shape index (κ2) is 9.49. The number of halogens is 2. The van der Waals surface area contributed by atoms with Crippen LogP contribution in [-0.4, -0.2) is 18.0 Å². The zero-order chi connectivity index (χ0) is 20.1. The molecule has 0 radical (unpaired) electrons. The Hall–Kier alpha value is -1.96. The summed E-state index contributed by atoms with van der Waals surface area (Å²) in [7, 11) is 1.60. The predicted octanol–water partition coefficient (Wildman–Crippen LogP) is 6.56. The van der Waals surface area contributed by atoms with Crippen LogP contribution in [0.2, 0.25) is 0 Å². The van der Waals surface area contributed by atoms with E-state index in [0.717, 1.165) is 37.1 Å². The first-order valence-corrected chi connectivity index (χ1v) is 11.0. The van der Waals surface area contributed by atoms with Crippen molar-refractivity contribution in [1.82, 2.24) is 4.98 Å². The maximum atomic E-state index is 12.4. The van der Waals surface area contributed by atoms with Crippen molar-refractivity contribution in [2.24, 2.45) is 0 Å². The number of carbonyl (C=O) groups excluding carboxylic acids is 1. The Morgan fingerprint density at radius 2 is 1.89 bits per heavy atom. The first-order valence-electron chi connectivity index (χ1n) is 8.58. The van der Waals surface area contributed by atoms with Crippen LogP contribution in [-0.2, 0) is 11.2 Å². The number of amides is 1. The fraction of sp³-hybridized carbons (Fsp3) is 0.143. The van der Waals surface area contributed by atoms with E-state index in [-0.39, 0.29) is 5.91 Å². The third kappa shape index (κ3) is 5.10. The van der Waals surface area contributed by atoms with Gasteiger partial charge in [0.2, 0.25) is 5.91 Å². The lowest BCUT2D eigenvalue weighted by molar-refractivity contribution is -0.111. The molecule has 3 aromatic rings. The third-order valence-electron chi connectivity index (χ3n) is 3.97. The molecule has 1 N–H and O–H groups in total. The van der Waals surface area contributed by atoms with Gasteiger partial charge in [-0.3, -0.25) is 10.1 Å². The maximum Gasteiger partial charge on any atom is 0.250 e. The lowest BCUT2D eigenvalue weighted by atomic mass is 10.1. The molecule has 0 aliphatic heterocycles. The largest absolute Gasteiger partial charge is 0.496 e. The van der Waals surface area contributed by atoms with Crippen LogP contribution in [0.5, 0.6) is 5.75 Å². The molecule has 0 unspecified atom stereocenters. The fourth-order valence-electron chi connectivity index (χ4n) is 2.63. The molecular weight excluding hydrogens is 504 g/mol. The van der Waals surface area contributed by atoms with E-state index in [4.69, 9.17) is 4.74 Å². The van der Waals surface area contributed by atoms with E-state index in [2.05, 4.69) is 49.1 Å². The molecule has 1 amide bonds. The van der Waals surface area contributed by atoms with Crippen LogP contribution in [0.4, 0.5) is 5.13 Å². The Morgan fingerprint density at radius 1 is 1.18 bits per heavy atom. The van der Waals surface area contributed by atoms with Crippen LogP contribution in [0, 0.1) is 0 Å². The van der Waals surface area contributed by atoms with Crippen LogP contribution in [0.1, 0.15) is 17.4 Å². The van der Waals surface area contributed by atoms with Crippen molar-refractivity contribution >= 4 is 60.3 Å². The quantitative estimate of drug-likeness (QED) is 0.374. The van der Waals surface area contributed by atoms with Crippen LogP contribution in [0.3, 0.4) is 0 Å². The summed E-state index contributed by atoms with van der Waals surface area (Å²) in [6, 6.07) is 13.6. The van der Waals surface area contributed by atoms with E-state index < -0.39 is 0 Å².